The summed E-state index contributed by atoms with van der Waals surface area (Å²) in [7, 11) is 1.61. The Hall–Kier alpha value is -3.62. The summed E-state index contributed by atoms with van der Waals surface area (Å²) in [4.78, 5) is 24.2. The number of carboxylic acids is 2. The van der Waals surface area contributed by atoms with Crippen molar-refractivity contribution in [3.05, 3.63) is 42.5 Å². The van der Waals surface area contributed by atoms with Crippen LogP contribution in [0.4, 0.5) is 5.69 Å². The number of methoxy groups -OCH3 is 1. The van der Waals surface area contributed by atoms with Gasteiger partial charge in [-0.05, 0) is 30.7 Å². The highest BCUT2D eigenvalue weighted by Crippen LogP contribution is 2.29. The van der Waals surface area contributed by atoms with Gasteiger partial charge in [-0.1, -0.05) is 103 Å². The first-order valence-corrected chi connectivity index (χ1v) is 17.8. The molecule has 2 N–H and O–H groups in total. The van der Waals surface area contributed by atoms with Crippen molar-refractivity contribution in [2.75, 3.05) is 44.9 Å². The van der Waals surface area contributed by atoms with E-state index in [-0.39, 0.29) is 0 Å². The van der Waals surface area contributed by atoms with Gasteiger partial charge in [-0.2, -0.15) is 0 Å². The Labute approximate surface area is 282 Å². The largest absolute Gasteiger partial charge is 0.497 e. The predicted molar refractivity (Wildman–Crippen MR) is 188 cm³/mol. The monoisotopic (exact) mass is 657 g/mol. The average Bonchev–Trinajstić information content (AvgIpc) is 3.05. The van der Waals surface area contributed by atoms with Crippen LogP contribution in [0, 0.1) is 0 Å². The van der Waals surface area contributed by atoms with Crippen LogP contribution in [0.3, 0.4) is 0 Å². The Morgan fingerprint density at radius 3 is 1.34 bits per heavy atom. The summed E-state index contributed by atoms with van der Waals surface area (Å²) >= 11 is 0. The molecule has 2 rings (SSSR count). The van der Waals surface area contributed by atoms with Crippen LogP contribution in [0.1, 0.15) is 116 Å². The Morgan fingerprint density at radius 2 is 0.915 bits per heavy atom. The number of benzene rings is 2. The number of unbranched alkanes of at least 4 members (excludes halogenated alkanes) is 15. The van der Waals surface area contributed by atoms with E-state index in [1.165, 1.54) is 94.8 Å². The Morgan fingerprint density at radius 1 is 0.532 bits per heavy atom. The fraction of sp³-hybridized carbons (Fsp3) is 0.632. The third-order valence-corrected chi connectivity index (χ3v) is 8.03. The van der Waals surface area contributed by atoms with E-state index in [2.05, 4.69) is 6.92 Å². The van der Waals surface area contributed by atoms with Gasteiger partial charge in [-0.3, -0.25) is 9.59 Å². The Balaban J connectivity index is 1.72. The molecule has 0 aliphatic rings. The van der Waals surface area contributed by atoms with Gasteiger partial charge in [0.05, 0.1) is 26.9 Å². The maximum absolute atomic E-state index is 11.5. The first-order valence-electron chi connectivity index (χ1n) is 17.8. The van der Waals surface area contributed by atoms with E-state index in [4.69, 9.17) is 18.9 Å². The highest BCUT2D eigenvalue weighted by molar-refractivity contribution is 5.80. The number of anilines is 1. The molecule has 0 fully saturated rings. The highest BCUT2D eigenvalue weighted by atomic mass is 16.5. The summed E-state index contributed by atoms with van der Waals surface area (Å²) < 4.78 is 22.9. The molecule has 0 spiro atoms. The summed E-state index contributed by atoms with van der Waals surface area (Å²) in [5.41, 5.74) is 0.420. The normalized spacial score (nSPS) is 10.9. The lowest BCUT2D eigenvalue weighted by molar-refractivity contribution is -0.136. The van der Waals surface area contributed by atoms with Gasteiger partial charge in [0.15, 0.2) is 0 Å². The van der Waals surface area contributed by atoms with Gasteiger partial charge in [-0.15, -0.1) is 0 Å². The smallest absolute Gasteiger partial charge is 0.323 e. The van der Waals surface area contributed by atoms with Crippen LogP contribution in [-0.4, -0.2) is 62.2 Å². The number of carbonyl (C=O) groups is 2. The van der Waals surface area contributed by atoms with Crippen LogP contribution >= 0.6 is 0 Å². The number of ether oxygens (including phenoxy) is 4. The summed E-state index contributed by atoms with van der Waals surface area (Å²) in [5, 5.41) is 18.7. The predicted octanol–water partition coefficient (Wildman–Crippen LogP) is 9.16. The van der Waals surface area contributed by atoms with Gasteiger partial charge in [0.25, 0.3) is 0 Å². The van der Waals surface area contributed by atoms with Crippen LogP contribution in [0.25, 0.3) is 0 Å². The van der Waals surface area contributed by atoms with E-state index < -0.39 is 25.0 Å². The van der Waals surface area contributed by atoms with Crippen molar-refractivity contribution < 1.29 is 38.7 Å². The molecule has 2 aromatic rings. The second-order valence-corrected chi connectivity index (χ2v) is 12.2. The molecule has 0 aromatic heterocycles. The SMILES string of the molecule is CCCCCCCCCCCCCCCCCCOc1cc(OCCCOc2ccc(OC)cc2)cc(N(CC(=O)O)CC(=O)O)c1. The molecule has 0 aliphatic heterocycles. The molecule has 0 radical (unpaired) electrons. The van der Waals surface area contributed by atoms with E-state index in [1.807, 2.05) is 24.3 Å². The summed E-state index contributed by atoms with van der Waals surface area (Å²) in [5.74, 6) is 0.250. The third-order valence-electron chi connectivity index (χ3n) is 8.03. The van der Waals surface area contributed by atoms with Crippen molar-refractivity contribution in [2.45, 2.75) is 116 Å². The van der Waals surface area contributed by atoms with Gasteiger partial charge in [0.2, 0.25) is 0 Å². The van der Waals surface area contributed by atoms with Crippen LogP contribution in [-0.2, 0) is 9.59 Å². The van der Waals surface area contributed by atoms with E-state index in [0.29, 0.717) is 43.4 Å². The highest BCUT2D eigenvalue weighted by Gasteiger charge is 2.17. The van der Waals surface area contributed by atoms with E-state index >= 15 is 0 Å². The van der Waals surface area contributed by atoms with Crippen LogP contribution in [0.5, 0.6) is 23.0 Å². The molecule has 47 heavy (non-hydrogen) atoms. The summed E-state index contributed by atoms with van der Waals surface area (Å²) in [6.45, 7) is 2.68. The quantitative estimate of drug-likeness (QED) is 0.0794. The lowest BCUT2D eigenvalue weighted by Crippen LogP contribution is -2.34. The summed E-state index contributed by atoms with van der Waals surface area (Å²) in [6.07, 6.45) is 21.4. The number of hydrogen-bond donors (Lipinski definition) is 2. The van der Waals surface area contributed by atoms with Gasteiger partial charge in [0, 0.05) is 30.3 Å². The molecule has 2 aromatic carbocycles. The zero-order valence-corrected chi connectivity index (χ0v) is 28.9. The molecule has 0 amide bonds. The number of rotatable bonds is 30. The molecule has 9 nitrogen and oxygen atoms in total. The molecule has 0 unspecified atom stereocenters. The summed E-state index contributed by atoms with van der Waals surface area (Å²) in [6, 6.07) is 12.4. The standard InChI is InChI=1S/C38H59NO8/c1-3-4-5-6-7-8-9-10-11-12-13-14-15-16-17-18-24-46-35-27-32(39(30-37(40)41)31-38(42)43)28-36(29-35)47-26-19-25-45-34-22-20-33(44-2)21-23-34/h20-23,27-29H,3-19,24-26,30-31H2,1-2H3,(H,40,41)(H,42,43). The van der Waals surface area contributed by atoms with Gasteiger partial charge in [-0.25, -0.2) is 0 Å². The van der Waals surface area contributed by atoms with E-state index in [0.717, 1.165) is 24.3 Å². The molecule has 0 bridgehead atoms. The molecule has 0 atom stereocenters. The lowest BCUT2D eigenvalue weighted by Gasteiger charge is -2.22. The van der Waals surface area contributed by atoms with E-state index in [9.17, 15) is 19.8 Å². The van der Waals surface area contributed by atoms with Crippen molar-refractivity contribution in [1.29, 1.82) is 0 Å². The minimum atomic E-state index is -1.12. The van der Waals surface area contributed by atoms with Gasteiger partial charge >= 0.3 is 11.9 Å². The topological polar surface area (TPSA) is 115 Å². The van der Waals surface area contributed by atoms with Crippen molar-refractivity contribution >= 4 is 17.6 Å². The van der Waals surface area contributed by atoms with Gasteiger partial charge < -0.3 is 34.1 Å². The molecule has 0 heterocycles. The molecule has 0 aliphatic carbocycles. The second-order valence-electron chi connectivity index (χ2n) is 12.2. The maximum atomic E-state index is 11.5. The Bertz CT molecular complexity index is 1090. The number of carboxylic acid groups (broad SMARTS) is 2. The minimum Gasteiger partial charge on any atom is -0.497 e. The number of nitrogens with zero attached hydrogens (tertiary/aromatic N) is 1. The van der Waals surface area contributed by atoms with Crippen molar-refractivity contribution in [1.82, 2.24) is 0 Å². The second kappa shape index (κ2) is 25.5. The molecule has 264 valence electrons. The van der Waals surface area contributed by atoms with Crippen LogP contribution in [0.15, 0.2) is 42.5 Å². The van der Waals surface area contributed by atoms with Crippen molar-refractivity contribution in [2.24, 2.45) is 0 Å². The lowest BCUT2D eigenvalue weighted by atomic mass is 10.0. The molecule has 0 saturated heterocycles. The van der Waals surface area contributed by atoms with Crippen LogP contribution in [0.2, 0.25) is 0 Å². The number of aliphatic carboxylic acids is 2. The van der Waals surface area contributed by atoms with Crippen molar-refractivity contribution in [3.8, 4) is 23.0 Å². The molecular formula is C38H59NO8. The van der Waals surface area contributed by atoms with Gasteiger partial charge in [0.1, 0.15) is 36.1 Å². The third kappa shape index (κ3) is 19.6. The Kier molecular flexibility index (Phi) is 21.4. The zero-order valence-electron chi connectivity index (χ0n) is 28.9. The number of hydrogen-bond acceptors (Lipinski definition) is 7. The fourth-order valence-corrected chi connectivity index (χ4v) is 5.42. The molecular weight excluding hydrogens is 598 g/mol. The molecule has 9 heteroatoms. The van der Waals surface area contributed by atoms with E-state index in [1.54, 1.807) is 25.3 Å². The van der Waals surface area contributed by atoms with Crippen LogP contribution < -0.4 is 23.8 Å². The first-order chi connectivity index (χ1) is 22.9. The zero-order chi connectivity index (χ0) is 34.0. The first kappa shape index (κ1) is 39.6. The minimum absolute atomic E-state index is 0.357. The molecule has 0 saturated carbocycles. The average molecular weight is 658 g/mol. The maximum Gasteiger partial charge on any atom is 0.323 e. The fourth-order valence-electron chi connectivity index (χ4n) is 5.42. The van der Waals surface area contributed by atoms with Crippen molar-refractivity contribution in [3.63, 3.8) is 0 Å².